The van der Waals surface area contributed by atoms with Crippen molar-refractivity contribution >= 4 is 5.82 Å². The summed E-state index contributed by atoms with van der Waals surface area (Å²) in [5, 5.41) is 7.82. The first kappa shape index (κ1) is 17.9. The normalized spacial score (nSPS) is 12.0. The number of anilines is 1. The van der Waals surface area contributed by atoms with Gasteiger partial charge in [0.15, 0.2) is 5.82 Å². The molecule has 2 heterocycles. The van der Waals surface area contributed by atoms with Gasteiger partial charge in [-0.15, -0.1) is 0 Å². The fraction of sp³-hybridized carbons (Fsp3) is 0.350. The van der Waals surface area contributed by atoms with Gasteiger partial charge in [0.2, 0.25) is 0 Å². The number of rotatable bonds is 7. The van der Waals surface area contributed by atoms with Crippen molar-refractivity contribution in [3.63, 3.8) is 0 Å². The van der Waals surface area contributed by atoms with Crippen molar-refractivity contribution in [1.29, 1.82) is 0 Å². The molecule has 0 aliphatic rings. The van der Waals surface area contributed by atoms with Crippen LogP contribution in [0.3, 0.4) is 0 Å². The summed E-state index contributed by atoms with van der Waals surface area (Å²) in [4.78, 5) is 8.91. The fourth-order valence-electron chi connectivity index (χ4n) is 2.92. The Bertz CT molecular complexity index is 857. The number of benzene rings is 1. The van der Waals surface area contributed by atoms with Crippen LogP contribution in [0.5, 0.6) is 5.75 Å². The van der Waals surface area contributed by atoms with E-state index in [1.54, 1.807) is 19.5 Å². The summed E-state index contributed by atoms with van der Waals surface area (Å²) in [6, 6.07) is 10.3. The van der Waals surface area contributed by atoms with Gasteiger partial charge in [0, 0.05) is 12.2 Å². The maximum Gasteiger partial charge on any atom is 0.174 e. The standard InChI is InChI=1S/C20H25N5O/c1-14(17-5-7-18(26-4)8-6-17)9-10-22-19-12-21-13-20(23-19)25-16(3)11-15(2)24-25/h5-8,11-14H,9-10H2,1-4H3,(H,22,23). The quantitative estimate of drug-likeness (QED) is 0.699. The van der Waals surface area contributed by atoms with E-state index in [0.717, 1.165) is 41.7 Å². The molecule has 136 valence electrons. The van der Waals surface area contributed by atoms with Gasteiger partial charge >= 0.3 is 0 Å². The molecular formula is C20H25N5O. The third kappa shape index (κ3) is 4.20. The lowest BCUT2D eigenvalue weighted by Gasteiger charge is -2.13. The van der Waals surface area contributed by atoms with Gasteiger partial charge in [-0.25, -0.2) is 9.67 Å². The van der Waals surface area contributed by atoms with E-state index in [-0.39, 0.29) is 0 Å². The van der Waals surface area contributed by atoms with E-state index in [0.29, 0.717) is 5.92 Å². The lowest BCUT2D eigenvalue weighted by Crippen LogP contribution is -2.10. The molecule has 1 unspecified atom stereocenters. The van der Waals surface area contributed by atoms with Crippen LogP contribution in [0.15, 0.2) is 42.7 Å². The monoisotopic (exact) mass is 351 g/mol. The van der Waals surface area contributed by atoms with Crippen LogP contribution in [-0.4, -0.2) is 33.4 Å². The minimum Gasteiger partial charge on any atom is -0.497 e. The first-order chi connectivity index (χ1) is 12.6. The highest BCUT2D eigenvalue weighted by Gasteiger charge is 2.08. The molecule has 0 bridgehead atoms. The summed E-state index contributed by atoms with van der Waals surface area (Å²) in [6.45, 7) is 7.03. The molecule has 26 heavy (non-hydrogen) atoms. The smallest absolute Gasteiger partial charge is 0.174 e. The third-order valence-electron chi connectivity index (χ3n) is 4.42. The van der Waals surface area contributed by atoms with E-state index >= 15 is 0 Å². The summed E-state index contributed by atoms with van der Waals surface area (Å²) >= 11 is 0. The Labute approximate surface area is 154 Å². The number of hydrogen-bond donors (Lipinski definition) is 1. The van der Waals surface area contributed by atoms with E-state index in [1.807, 2.05) is 36.7 Å². The second-order valence-electron chi connectivity index (χ2n) is 6.49. The molecule has 6 heteroatoms. The number of methoxy groups -OCH3 is 1. The van der Waals surface area contributed by atoms with Crippen molar-refractivity contribution in [3.05, 3.63) is 59.7 Å². The Hall–Kier alpha value is -2.89. The zero-order chi connectivity index (χ0) is 18.5. The SMILES string of the molecule is COc1ccc(C(C)CCNc2cncc(-n3nc(C)cc3C)n2)cc1. The van der Waals surface area contributed by atoms with E-state index in [4.69, 9.17) is 4.74 Å². The fourth-order valence-corrected chi connectivity index (χ4v) is 2.92. The zero-order valence-corrected chi connectivity index (χ0v) is 15.7. The van der Waals surface area contributed by atoms with Crippen molar-refractivity contribution in [2.75, 3.05) is 19.0 Å². The predicted octanol–water partition coefficient (Wildman–Crippen LogP) is 3.89. The molecule has 0 saturated carbocycles. The minimum atomic E-state index is 0.445. The highest BCUT2D eigenvalue weighted by molar-refractivity contribution is 5.37. The van der Waals surface area contributed by atoms with E-state index in [1.165, 1.54) is 5.56 Å². The van der Waals surface area contributed by atoms with E-state index in [9.17, 15) is 0 Å². The molecule has 1 aromatic carbocycles. The van der Waals surface area contributed by atoms with Crippen LogP contribution in [0.1, 0.15) is 36.2 Å². The molecule has 2 aromatic heterocycles. The highest BCUT2D eigenvalue weighted by Crippen LogP contribution is 2.22. The van der Waals surface area contributed by atoms with Gasteiger partial charge in [-0.1, -0.05) is 19.1 Å². The van der Waals surface area contributed by atoms with Crippen LogP contribution in [0, 0.1) is 13.8 Å². The van der Waals surface area contributed by atoms with Crippen LogP contribution in [0.2, 0.25) is 0 Å². The molecule has 0 spiro atoms. The molecule has 0 saturated heterocycles. The molecule has 0 amide bonds. The van der Waals surface area contributed by atoms with Gasteiger partial charge in [0.1, 0.15) is 11.6 Å². The maximum atomic E-state index is 5.21. The molecule has 1 atom stereocenters. The zero-order valence-electron chi connectivity index (χ0n) is 15.7. The van der Waals surface area contributed by atoms with Gasteiger partial charge in [-0.05, 0) is 49.9 Å². The highest BCUT2D eigenvalue weighted by atomic mass is 16.5. The Morgan fingerprint density at radius 2 is 1.92 bits per heavy atom. The van der Waals surface area contributed by atoms with Crippen molar-refractivity contribution < 1.29 is 4.74 Å². The summed E-state index contributed by atoms with van der Waals surface area (Å²) in [7, 11) is 1.68. The minimum absolute atomic E-state index is 0.445. The first-order valence-electron chi connectivity index (χ1n) is 8.80. The van der Waals surface area contributed by atoms with Gasteiger partial charge in [-0.3, -0.25) is 4.98 Å². The van der Waals surface area contributed by atoms with Crippen molar-refractivity contribution in [1.82, 2.24) is 19.7 Å². The summed E-state index contributed by atoms with van der Waals surface area (Å²) in [5.74, 6) is 2.82. The first-order valence-corrected chi connectivity index (χ1v) is 8.80. The molecule has 6 nitrogen and oxygen atoms in total. The molecule has 3 aromatic rings. The van der Waals surface area contributed by atoms with Crippen LogP contribution in [0.25, 0.3) is 5.82 Å². The second kappa shape index (κ2) is 7.99. The molecule has 1 N–H and O–H groups in total. The van der Waals surface area contributed by atoms with Gasteiger partial charge in [0.05, 0.1) is 25.2 Å². The number of nitrogens with zero attached hydrogens (tertiary/aromatic N) is 4. The van der Waals surface area contributed by atoms with Crippen LogP contribution in [-0.2, 0) is 0 Å². The molecule has 0 fully saturated rings. The van der Waals surface area contributed by atoms with Gasteiger partial charge in [-0.2, -0.15) is 5.10 Å². The largest absolute Gasteiger partial charge is 0.497 e. The number of aromatic nitrogens is 4. The summed E-state index contributed by atoms with van der Waals surface area (Å²) in [5.41, 5.74) is 3.31. The van der Waals surface area contributed by atoms with Crippen LogP contribution >= 0.6 is 0 Å². The summed E-state index contributed by atoms with van der Waals surface area (Å²) < 4.78 is 7.02. The lowest BCUT2D eigenvalue weighted by molar-refractivity contribution is 0.414. The van der Waals surface area contributed by atoms with E-state index < -0.39 is 0 Å². The summed E-state index contributed by atoms with van der Waals surface area (Å²) in [6.07, 6.45) is 4.47. The lowest BCUT2D eigenvalue weighted by atomic mass is 9.98. The average Bonchev–Trinajstić information content (AvgIpc) is 3.00. The van der Waals surface area contributed by atoms with Gasteiger partial charge < -0.3 is 10.1 Å². The number of nitrogens with one attached hydrogen (secondary N) is 1. The Balaban J connectivity index is 1.59. The van der Waals surface area contributed by atoms with Crippen molar-refractivity contribution in [3.8, 4) is 11.6 Å². The maximum absolute atomic E-state index is 5.21. The van der Waals surface area contributed by atoms with Gasteiger partial charge in [0.25, 0.3) is 0 Å². The average molecular weight is 351 g/mol. The van der Waals surface area contributed by atoms with Crippen LogP contribution in [0.4, 0.5) is 5.82 Å². The number of hydrogen-bond acceptors (Lipinski definition) is 5. The molecular weight excluding hydrogens is 326 g/mol. The van der Waals surface area contributed by atoms with E-state index in [2.05, 4.69) is 39.4 Å². The molecule has 0 aliphatic heterocycles. The third-order valence-corrected chi connectivity index (χ3v) is 4.42. The second-order valence-corrected chi connectivity index (χ2v) is 6.49. The Morgan fingerprint density at radius 3 is 2.58 bits per heavy atom. The molecule has 0 radical (unpaired) electrons. The Kier molecular flexibility index (Phi) is 5.51. The number of ether oxygens (including phenoxy) is 1. The van der Waals surface area contributed by atoms with Crippen molar-refractivity contribution in [2.24, 2.45) is 0 Å². The predicted molar refractivity (Wildman–Crippen MR) is 103 cm³/mol. The number of aryl methyl sites for hydroxylation is 2. The Morgan fingerprint density at radius 1 is 1.15 bits per heavy atom. The van der Waals surface area contributed by atoms with Crippen molar-refractivity contribution in [2.45, 2.75) is 33.1 Å². The topological polar surface area (TPSA) is 64.9 Å². The molecule has 3 rings (SSSR count). The van der Waals surface area contributed by atoms with Crippen LogP contribution < -0.4 is 10.1 Å². The molecule has 0 aliphatic carbocycles.